The first-order chi connectivity index (χ1) is 6.77. The molecule has 2 rings (SSSR count). The Morgan fingerprint density at radius 2 is 2.36 bits per heavy atom. The van der Waals surface area contributed by atoms with Crippen LogP contribution in [-0.2, 0) is 0 Å². The van der Waals surface area contributed by atoms with Gasteiger partial charge in [0.25, 0.3) is 0 Å². The summed E-state index contributed by atoms with van der Waals surface area (Å²) in [5, 5.41) is 4.80. The van der Waals surface area contributed by atoms with Crippen molar-refractivity contribution >= 4 is 23.4 Å². The molecular weight excluding hydrogens is 214 g/mol. The molecule has 14 heavy (non-hydrogen) atoms. The summed E-state index contributed by atoms with van der Waals surface area (Å²) in [7, 11) is 0. The maximum atomic E-state index is 5.93. The molecule has 1 nitrogen and oxygen atoms in total. The molecule has 0 spiro atoms. The Labute approximate surface area is 94.2 Å². The average Bonchev–Trinajstić information content (AvgIpc) is 2.19. The summed E-state index contributed by atoms with van der Waals surface area (Å²) >= 11 is 7.91. The second-order valence-electron chi connectivity index (χ2n) is 3.56. The van der Waals surface area contributed by atoms with Crippen molar-refractivity contribution in [2.75, 3.05) is 12.3 Å². The van der Waals surface area contributed by atoms with Gasteiger partial charge >= 0.3 is 0 Å². The van der Waals surface area contributed by atoms with Gasteiger partial charge in [-0.25, -0.2) is 0 Å². The third-order valence-corrected chi connectivity index (χ3v) is 3.96. The number of rotatable bonds is 1. The number of thioether (sulfide) groups is 1. The van der Waals surface area contributed by atoms with E-state index in [2.05, 4.69) is 18.3 Å². The van der Waals surface area contributed by atoms with Crippen molar-refractivity contribution in [2.24, 2.45) is 0 Å². The monoisotopic (exact) mass is 227 g/mol. The zero-order chi connectivity index (χ0) is 9.97. The zero-order valence-electron chi connectivity index (χ0n) is 8.22. The molecule has 0 bridgehead atoms. The van der Waals surface area contributed by atoms with E-state index in [1.165, 1.54) is 23.3 Å². The van der Waals surface area contributed by atoms with Crippen LogP contribution in [0.2, 0.25) is 5.02 Å². The van der Waals surface area contributed by atoms with Crippen LogP contribution in [0.3, 0.4) is 0 Å². The molecule has 1 atom stereocenters. The molecular formula is C11H14ClNS. The summed E-state index contributed by atoms with van der Waals surface area (Å²) in [6, 6.07) is 6.14. The fraction of sp³-hybridized carbons (Fsp3) is 0.455. The van der Waals surface area contributed by atoms with E-state index < -0.39 is 0 Å². The van der Waals surface area contributed by atoms with Gasteiger partial charge in [-0.1, -0.05) is 17.7 Å². The third-order valence-electron chi connectivity index (χ3n) is 2.45. The average molecular weight is 228 g/mol. The number of hydrogen-bond acceptors (Lipinski definition) is 2. The van der Waals surface area contributed by atoms with Crippen LogP contribution < -0.4 is 5.32 Å². The summed E-state index contributed by atoms with van der Waals surface area (Å²) in [5.41, 5.74) is 2.66. The maximum Gasteiger partial charge on any atom is 0.0791 e. The second kappa shape index (κ2) is 4.56. The zero-order valence-corrected chi connectivity index (χ0v) is 9.79. The predicted octanol–water partition coefficient (Wildman–Crippen LogP) is 3.37. The van der Waals surface area contributed by atoms with Crippen LogP contribution in [0.25, 0.3) is 0 Å². The van der Waals surface area contributed by atoms with Gasteiger partial charge in [-0.15, -0.1) is 11.8 Å². The molecule has 1 heterocycles. The Bertz CT molecular complexity index is 321. The molecule has 1 unspecified atom stereocenters. The second-order valence-corrected chi connectivity index (χ2v) is 5.21. The van der Waals surface area contributed by atoms with E-state index in [9.17, 15) is 0 Å². The molecule has 1 aliphatic heterocycles. The molecule has 1 fully saturated rings. The standard InChI is InChI=1S/C11H14ClNS/c1-8-7-9(12)3-4-10(8)11-13-5-2-6-14-11/h3-4,7,11,13H,2,5-6H2,1H3. The molecule has 3 heteroatoms. The number of halogens is 1. The van der Waals surface area contributed by atoms with Crippen LogP contribution in [0.4, 0.5) is 0 Å². The van der Waals surface area contributed by atoms with Crippen molar-refractivity contribution in [2.45, 2.75) is 18.7 Å². The Morgan fingerprint density at radius 1 is 1.50 bits per heavy atom. The van der Waals surface area contributed by atoms with Crippen LogP contribution in [0.1, 0.15) is 22.9 Å². The van der Waals surface area contributed by atoms with Gasteiger partial charge in [0.15, 0.2) is 0 Å². The van der Waals surface area contributed by atoms with Gasteiger partial charge in [-0.2, -0.15) is 0 Å². The van der Waals surface area contributed by atoms with Gasteiger partial charge in [0.1, 0.15) is 0 Å². The van der Waals surface area contributed by atoms with Crippen molar-refractivity contribution in [1.82, 2.24) is 5.32 Å². The number of nitrogens with one attached hydrogen (secondary N) is 1. The first kappa shape index (κ1) is 10.3. The lowest BCUT2D eigenvalue weighted by atomic mass is 10.1. The minimum atomic E-state index is 0.459. The summed E-state index contributed by atoms with van der Waals surface area (Å²) in [6.07, 6.45) is 1.27. The van der Waals surface area contributed by atoms with Crippen LogP contribution in [0, 0.1) is 6.92 Å². The van der Waals surface area contributed by atoms with E-state index >= 15 is 0 Å². The predicted molar refractivity (Wildman–Crippen MR) is 64.0 cm³/mol. The normalized spacial score (nSPS) is 22.3. The lowest BCUT2D eigenvalue weighted by Crippen LogP contribution is -2.25. The Morgan fingerprint density at radius 3 is 3.00 bits per heavy atom. The number of benzene rings is 1. The van der Waals surface area contributed by atoms with Crippen LogP contribution >= 0.6 is 23.4 Å². The van der Waals surface area contributed by atoms with E-state index in [1.54, 1.807) is 0 Å². The molecule has 0 amide bonds. The molecule has 1 aromatic rings. The summed E-state index contributed by atoms with van der Waals surface area (Å²) in [6.45, 7) is 3.25. The molecule has 76 valence electrons. The van der Waals surface area contributed by atoms with Gasteiger partial charge in [0, 0.05) is 5.02 Å². The van der Waals surface area contributed by atoms with E-state index in [0.717, 1.165) is 11.6 Å². The lowest BCUT2D eigenvalue weighted by molar-refractivity contribution is 0.641. The van der Waals surface area contributed by atoms with Crippen molar-refractivity contribution in [3.8, 4) is 0 Å². The topological polar surface area (TPSA) is 12.0 Å². The fourth-order valence-electron chi connectivity index (χ4n) is 1.70. The molecule has 1 aromatic carbocycles. The molecule has 0 radical (unpaired) electrons. The Kier molecular flexibility index (Phi) is 3.37. The summed E-state index contributed by atoms with van der Waals surface area (Å²) in [4.78, 5) is 0. The maximum absolute atomic E-state index is 5.93. The summed E-state index contributed by atoms with van der Waals surface area (Å²) < 4.78 is 0. The van der Waals surface area contributed by atoms with Crippen LogP contribution in [0.15, 0.2) is 18.2 Å². The SMILES string of the molecule is Cc1cc(Cl)ccc1C1NCCCS1. The highest BCUT2D eigenvalue weighted by Gasteiger charge is 2.16. The molecule has 0 saturated carbocycles. The minimum Gasteiger partial charge on any atom is -0.302 e. The van der Waals surface area contributed by atoms with Crippen molar-refractivity contribution in [1.29, 1.82) is 0 Å². The smallest absolute Gasteiger partial charge is 0.0791 e. The van der Waals surface area contributed by atoms with Gasteiger partial charge in [0.05, 0.1) is 5.37 Å². The number of aryl methyl sites for hydroxylation is 1. The fourth-order valence-corrected chi connectivity index (χ4v) is 3.15. The van der Waals surface area contributed by atoms with Gasteiger partial charge in [-0.05, 0) is 48.9 Å². The Hall–Kier alpha value is -0.180. The first-order valence-electron chi connectivity index (χ1n) is 4.88. The van der Waals surface area contributed by atoms with Crippen LogP contribution in [0.5, 0.6) is 0 Å². The van der Waals surface area contributed by atoms with Crippen molar-refractivity contribution in [3.63, 3.8) is 0 Å². The highest BCUT2D eigenvalue weighted by molar-refractivity contribution is 7.99. The van der Waals surface area contributed by atoms with E-state index in [4.69, 9.17) is 11.6 Å². The van der Waals surface area contributed by atoms with Gasteiger partial charge in [0.2, 0.25) is 0 Å². The molecule has 1 saturated heterocycles. The highest BCUT2D eigenvalue weighted by atomic mass is 35.5. The lowest BCUT2D eigenvalue weighted by Gasteiger charge is -2.24. The molecule has 1 N–H and O–H groups in total. The van der Waals surface area contributed by atoms with Crippen LogP contribution in [-0.4, -0.2) is 12.3 Å². The van der Waals surface area contributed by atoms with Gasteiger partial charge < -0.3 is 5.32 Å². The molecule has 0 aromatic heterocycles. The van der Waals surface area contributed by atoms with Crippen molar-refractivity contribution < 1.29 is 0 Å². The van der Waals surface area contributed by atoms with E-state index in [1.807, 2.05) is 23.9 Å². The van der Waals surface area contributed by atoms with E-state index in [-0.39, 0.29) is 0 Å². The van der Waals surface area contributed by atoms with E-state index in [0.29, 0.717) is 5.37 Å². The quantitative estimate of drug-likeness (QED) is 0.790. The minimum absolute atomic E-state index is 0.459. The molecule has 1 aliphatic rings. The van der Waals surface area contributed by atoms with Gasteiger partial charge in [-0.3, -0.25) is 0 Å². The largest absolute Gasteiger partial charge is 0.302 e. The molecule has 0 aliphatic carbocycles. The van der Waals surface area contributed by atoms with Crippen molar-refractivity contribution in [3.05, 3.63) is 34.3 Å². The summed E-state index contributed by atoms with van der Waals surface area (Å²) in [5.74, 6) is 1.25. The Balaban J connectivity index is 2.22. The number of hydrogen-bond donors (Lipinski definition) is 1. The first-order valence-corrected chi connectivity index (χ1v) is 6.31. The third kappa shape index (κ3) is 2.25. The highest BCUT2D eigenvalue weighted by Crippen LogP contribution is 2.32.